The molecule has 0 radical (unpaired) electrons. The number of hydrogen-bond acceptors (Lipinski definition) is 6. The Labute approximate surface area is 266 Å². The molecule has 0 unspecified atom stereocenters. The summed E-state index contributed by atoms with van der Waals surface area (Å²) in [6, 6.07) is 8.64. The van der Waals surface area contributed by atoms with Gasteiger partial charge in [0.15, 0.2) is 0 Å². The largest absolute Gasteiger partial charge is 0.496 e. The predicted molar refractivity (Wildman–Crippen MR) is 173 cm³/mol. The highest BCUT2D eigenvalue weighted by molar-refractivity contribution is 5.94. The van der Waals surface area contributed by atoms with E-state index in [2.05, 4.69) is 54.2 Å². The van der Waals surface area contributed by atoms with E-state index in [-0.39, 0.29) is 40.9 Å². The fraction of sp³-hybridized carbons (Fsp3) is 0.583. The van der Waals surface area contributed by atoms with Crippen molar-refractivity contribution in [2.24, 2.45) is 17.3 Å². The van der Waals surface area contributed by atoms with E-state index >= 15 is 0 Å². The van der Waals surface area contributed by atoms with Crippen molar-refractivity contribution in [3.63, 3.8) is 0 Å². The Kier molecular flexibility index (Phi) is 8.72. The number of rotatable bonds is 10. The van der Waals surface area contributed by atoms with E-state index < -0.39 is 5.97 Å². The monoisotopic (exact) mass is 613 g/mol. The van der Waals surface area contributed by atoms with Crippen LogP contribution in [0.5, 0.6) is 5.75 Å². The number of aliphatic carboxylic acids is 1. The van der Waals surface area contributed by atoms with Crippen LogP contribution >= 0.6 is 0 Å². The molecule has 1 amide bonds. The number of carboxylic acid groups (broad SMARTS) is 1. The van der Waals surface area contributed by atoms with Gasteiger partial charge in [0.05, 0.1) is 19.0 Å². The smallest absolute Gasteiger partial charge is 0.303 e. The van der Waals surface area contributed by atoms with E-state index in [4.69, 9.17) is 9.72 Å². The number of anilines is 1. The Bertz CT molecular complexity index is 1520. The summed E-state index contributed by atoms with van der Waals surface area (Å²) >= 11 is 0. The van der Waals surface area contributed by atoms with Crippen molar-refractivity contribution >= 4 is 17.7 Å². The number of hydrogen-bond donors (Lipinski definition) is 2. The molecule has 1 aromatic carbocycles. The third-order valence-electron chi connectivity index (χ3n) is 11.3. The highest BCUT2D eigenvalue weighted by atomic mass is 16.5. The summed E-state index contributed by atoms with van der Waals surface area (Å²) in [7, 11) is 1.73. The Hall–Kier alpha value is -3.75. The molecule has 2 heterocycles. The van der Waals surface area contributed by atoms with E-state index in [1.165, 1.54) is 11.1 Å². The van der Waals surface area contributed by atoms with Crippen LogP contribution in [0, 0.1) is 24.2 Å². The van der Waals surface area contributed by atoms with Gasteiger partial charge in [-0.1, -0.05) is 26.0 Å². The van der Waals surface area contributed by atoms with E-state index in [0.29, 0.717) is 12.4 Å². The van der Waals surface area contributed by atoms with E-state index in [1.807, 2.05) is 11.0 Å². The number of ether oxygens (including phenoxy) is 1. The van der Waals surface area contributed by atoms with Crippen LogP contribution in [0.25, 0.3) is 11.3 Å². The topological polar surface area (TPSA) is 121 Å². The van der Waals surface area contributed by atoms with Gasteiger partial charge in [-0.3, -0.25) is 19.6 Å². The van der Waals surface area contributed by atoms with Crippen LogP contribution in [0.2, 0.25) is 0 Å². The molecule has 2 N–H and O–H groups in total. The minimum atomic E-state index is -0.755. The normalized spacial score (nSPS) is 26.2. The third-order valence-corrected chi connectivity index (χ3v) is 11.3. The SMILES string of the molecule is COc1ccc(C23CCC(CN(C(=O)C4CCC(CC(=O)O)CC4)c4cc(-c5cn[nH]c5C(C)C)ncn4)(CC2)CC3)cc1C. The standard InChI is InChI=1S/C36H47N5O4/c1-23(2)33-28(20-39-40-33)29-19-31(38-22-37-29)41(34(44)26-7-5-25(6-8-26)18-32(42)43)21-35-11-14-36(15-12-35,16-13-35)27-9-10-30(45-4)24(3)17-27/h9-10,17,19-20,22-23,25-26H,5-8,11-16,18,21H2,1-4H3,(H,39,40)(H,42,43). The van der Waals surface area contributed by atoms with E-state index in [1.54, 1.807) is 19.6 Å². The molecule has 0 saturated heterocycles. The van der Waals surface area contributed by atoms with Gasteiger partial charge < -0.3 is 9.84 Å². The third kappa shape index (κ3) is 6.23. The summed E-state index contributed by atoms with van der Waals surface area (Å²) in [5.74, 6) is 1.21. The first-order chi connectivity index (χ1) is 21.6. The molecule has 9 nitrogen and oxygen atoms in total. The maximum Gasteiger partial charge on any atom is 0.303 e. The second-order valence-electron chi connectivity index (χ2n) is 14.3. The van der Waals surface area contributed by atoms with Gasteiger partial charge >= 0.3 is 5.97 Å². The number of aromatic amines is 1. The van der Waals surface area contributed by atoms with Crippen molar-refractivity contribution in [2.75, 3.05) is 18.6 Å². The van der Waals surface area contributed by atoms with Gasteiger partial charge in [0, 0.05) is 36.2 Å². The molecule has 0 atom stereocenters. The van der Waals surface area contributed by atoms with Gasteiger partial charge in [-0.2, -0.15) is 5.10 Å². The number of amides is 1. The highest BCUT2D eigenvalue weighted by Crippen LogP contribution is 2.58. The average molecular weight is 614 g/mol. The minimum absolute atomic E-state index is 0.0449. The Morgan fingerprint density at radius 2 is 1.76 bits per heavy atom. The lowest BCUT2D eigenvalue weighted by molar-refractivity contribution is -0.138. The highest BCUT2D eigenvalue weighted by Gasteiger charge is 2.51. The number of nitrogens with one attached hydrogen (secondary N) is 1. The maximum atomic E-state index is 14.4. The summed E-state index contributed by atoms with van der Waals surface area (Å²) in [6.07, 6.45) is 13.1. The second-order valence-corrected chi connectivity index (χ2v) is 14.3. The Morgan fingerprint density at radius 3 is 2.38 bits per heavy atom. The van der Waals surface area contributed by atoms with E-state index in [0.717, 1.165) is 86.9 Å². The van der Waals surface area contributed by atoms with Crippen LogP contribution in [0.4, 0.5) is 5.82 Å². The molecule has 240 valence electrons. The zero-order chi connectivity index (χ0) is 31.8. The molecule has 2 aromatic heterocycles. The Balaban J connectivity index is 1.26. The first-order valence-corrected chi connectivity index (χ1v) is 16.7. The Morgan fingerprint density at radius 1 is 1.04 bits per heavy atom. The van der Waals surface area contributed by atoms with Crippen LogP contribution in [-0.4, -0.2) is 50.8 Å². The molecule has 0 aliphatic heterocycles. The van der Waals surface area contributed by atoms with Crippen molar-refractivity contribution in [1.29, 1.82) is 0 Å². The number of carbonyl (C=O) groups is 2. The average Bonchev–Trinajstić information content (AvgIpc) is 3.55. The number of carboxylic acids is 1. The van der Waals surface area contributed by atoms with Crippen LogP contribution in [-0.2, 0) is 15.0 Å². The van der Waals surface area contributed by atoms with Crippen molar-refractivity contribution in [1.82, 2.24) is 20.2 Å². The first-order valence-electron chi connectivity index (χ1n) is 16.7. The number of H-pyrrole nitrogens is 1. The number of nitrogens with zero attached hydrogens (tertiary/aromatic N) is 4. The molecule has 0 spiro atoms. The number of methoxy groups -OCH3 is 1. The van der Waals surface area contributed by atoms with Crippen molar-refractivity contribution in [3.05, 3.63) is 53.6 Å². The van der Waals surface area contributed by atoms with Crippen LogP contribution < -0.4 is 9.64 Å². The lowest BCUT2D eigenvalue weighted by atomic mass is 9.51. The summed E-state index contributed by atoms with van der Waals surface area (Å²) in [5, 5.41) is 16.7. The summed E-state index contributed by atoms with van der Waals surface area (Å²) in [5.41, 5.74) is 5.54. The molecular formula is C36H47N5O4. The molecule has 7 rings (SSSR count). The van der Waals surface area contributed by atoms with Gasteiger partial charge in [0.1, 0.15) is 17.9 Å². The van der Waals surface area contributed by atoms with E-state index in [9.17, 15) is 14.7 Å². The fourth-order valence-electron chi connectivity index (χ4n) is 8.41. The van der Waals surface area contributed by atoms with Gasteiger partial charge in [0.25, 0.3) is 0 Å². The number of carbonyl (C=O) groups excluding carboxylic acids is 1. The first kappa shape index (κ1) is 31.2. The summed E-state index contributed by atoms with van der Waals surface area (Å²) in [6.45, 7) is 7.01. The number of fused-ring (bicyclic) bond motifs is 3. The number of aromatic nitrogens is 4. The van der Waals surface area contributed by atoms with Gasteiger partial charge in [0.2, 0.25) is 5.91 Å². The lowest BCUT2D eigenvalue weighted by Gasteiger charge is -2.55. The number of benzene rings is 1. The zero-order valence-corrected chi connectivity index (χ0v) is 27.1. The van der Waals surface area contributed by atoms with Crippen molar-refractivity contribution in [2.45, 2.75) is 103 Å². The van der Waals surface area contributed by atoms with Crippen LogP contribution in [0.15, 0.2) is 36.8 Å². The quantitative estimate of drug-likeness (QED) is 0.248. The minimum Gasteiger partial charge on any atom is -0.496 e. The molecular weight excluding hydrogens is 566 g/mol. The molecule has 4 fully saturated rings. The van der Waals surface area contributed by atoms with Gasteiger partial charge in [-0.05, 0) is 111 Å². The summed E-state index contributed by atoms with van der Waals surface area (Å²) in [4.78, 5) is 37.0. The fourth-order valence-corrected chi connectivity index (χ4v) is 8.41. The second kappa shape index (κ2) is 12.6. The predicted octanol–water partition coefficient (Wildman–Crippen LogP) is 7.21. The molecule has 9 heteroatoms. The summed E-state index contributed by atoms with van der Waals surface area (Å²) < 4.78 is 5.53. The molecule has 4 saturated carbocycles. The maximum absolute atomic E-state index is 14.4. The van der Waals surface area contributed by atoms with Crippen molar-refractivity contribution in [3.8, 4) is 17.0 Å². The molecule has 3 aromatic rings. The van der Waals surface area contributed by atoms with Crippen LogP contribution in [0.1, 0.15) is 107 Å². The van der Waals surface area contributed by atoms with Gasteiger partial charge in [-0.15, -0.1) is 0 Å². The molecule has 2 bridgehead atoms. The zero-order valence-electron chi connectivity index (χ0n) is 27.1. The lowest BCUT2D eigenvalue weighted by Crippen LogP contribution is -2.52. The molecule has 4 aliphatic rings. The molecule has 4 aliphatic carbocycles. The van der Waals surface area contributed by atoms with Crippen molar-refractivity contribution < 1.29 is 19.4 Å². The van der Waals surface area contributed by atoms with Gasteiger partial charge in [-0.25, -0.2) is 9.97 Å². The molecule has 45 heavy (non-hydrogen) atoms. The van der Waals surface area contributed by atoms with Crippen LogP contribution in [0.3, 0.4) is 0 Å². The number of aryl methyl sites for hydroxylation is 1.